The van der Waals surface area contributed by atoms with Crippen LogP contribution in [0.1, 0.15) is 0 Å². The van der Waals surface area contributed by atoms with E-state index in [2.05, 4.69) is 258 Å². The molecule has 15 rings (SSSR count). The third-order valence-electron chi connectivity index (χ3n) is 14.8. The normalized spacial score (nSPS) is 11.7. The van der Waals surface area contributed by atoms with Crippen LogP contribution in [-0.4, -0.2) is 24.1 Å². The van der Waals surface area contributed by atoms with Crippen molar-refractivity contribution in [1.82, 2.24) is 24.1 Å². The Kier molecular flexibility index (Phi) is 10.00. The van der Waals surface area contributed by atoms with Crippen molar-refractivity contribution in [2.45, 2.75) is 0 Å². The smallest absolute Gasteiger partial charge is 0.164 e. The molecular weight excluding hydrogens is 931 g/mol. The van der Waals surface area contributed by atoms with Crippen molar-refractivity contribution >= 4 is 75.1 Å². The number of rotatable bonds is 8. The van der Waals surface area contributed by atoms with Crippen LogP contribution < -0.4 is 0 Å². The Balaban J connectivity index is 0.909. The van der Waals surface area contributed by atoms with E-state index in [1.165, 1.54) is 69.4 Å². The van der Waals surface area contributed by atoms with Gasteiger partial charge in [0.05, 0.1) is 31.5 Å². The Labute approximate surface area is 436 Å². The van der Waals surface area contributed by atoms with Crippen LogP contribution in [-0.2, 0) is 0 Å². The minimum Gasteiger partial charge on any atom is -0.308 e. The monoisotopic (exact) mass is 973 g/mol. The Morgan fingerprint density at radius 2 is 0.587 bits per heavy atom. The number of thiophene rings is 1. The topological polar surface area (TPSA) is 48.5 Å². The molecule has 0 atom stereocenters. The van der Waals surface area contributed by atoms with Crippen LogP contribution in [0, 0.1) is 0 Å². The highest BCUT2D eigenvalue weighted by Crippen LogP contribution is 2.47. The molecule has 4 aromatic heterocycles. The number of aromatic nitrogens is 5. The Morgan fingerprint density at radius 3 is 1.05 bits per heavy atom. The van der Waals surface area contributed by atoms with Crippen LogP contribution >= 0.6 is 11.3 Å². The molecule has 15 aromatic rings. The number of benzene rings is 11. The molecule has 0 radical (unpaired) electrons. The van der Waals surface area contributed by atoms with E-state index in [1.54, 1.807) is 0 Å². The first-order chi connectivity index (χ1) is 37.2. The van der Waals surface area contributed by atoms with Gasteiger partial charge in [-0.3, -0.25) is 0 Å². The molecule has 0 saturated heterocycles. The average molecular weight is 974 g/mol. The van der Waals surface area contributed by atoms with E-state index in [4.69, 9.17) is 15.0 Å². The van der Waals surface area contributed by atoms with E-state index in [0.29, 0.717) is 17.5 Å². The molecule has 11 aromatic carbocycles. The first kappa shape index (κ1) is 42.9. The lowest BCUT2D eigenvalue weighted by Gasteiger charge is -2.12. The summed E-state index contributed by atoms with van der Waals surface area (Å²) in [4.78, 5) is 15.7. The van der Waals surface area contributed by atoms with Crippen molar-refractivity contribution in [3.63, 3.8) is 0 Å². The Bertz CT molecular complexity index is 4550. The molecule has 0 fully saturated rings. The van der Waals surface area contributed by atoms with Gasteiger partial charge in [0.25, 0.3) is 0 Å². The third-order valence-corrected chi connectivity index (χ3v) is 16.0. The lowest BCUT2D eigenvalue weighted by Crippen LogP contribution is -2.01. The molecule has 0 aliphatic carbocycles. The maximum atomic E-state index is 5.26. The summed E-state index contributed by atoms with van der Waals surface area (Å²) in [5, 5.41) is 7.40. The molecule has 0 N–H and O–H groups in total. The summed E-state index contributed by atoms with van der Waals surface area (Å²) < 4.78 is 7.44. The zero-order valence-corrected chi connectivity index (χ0v) is 41.3. The van der Waals surface area contributed by atoms with E-state index >= 15 is 0 Å². The van der Waals surface area contributed by atoms with Gasteiger partial charge in [-0.2, -0.15) is 0 Å². The van der Waals surface area contributed by atoms with Gasteiger partial charge in [-0.1, -0.05) is 224 Å². The number of para-hydroxylation sites is 2. The highest BCUT2D eigenvalue weighted by molar-refractivity contribution is 7.27. The molecule has 0 amide bonds. The van der Waals surface area contributed by atoms with Gasteiger partial charge in [0.2, 0.25) is 0 Å². The summed E-state index contributed by atoms with van der Waals surface area (Å²) in [5.74, 6) is 1.84. The fraction of sp³-hybridized carbons (Fsp3) is 0. The minimum absolute atomic E-state index is 0.607. The fourth-order valence-corrected chi connectivity index (χ4v) is 12.6. The molecule has 350 valence electrons. The first-order valence-corrected chi connectivity index (χ1v) is 26.2. The predicted octanol–water partition coefficient (Wildman–Crippen LogP) is 18.4. The number of hydrogen-bond donors (Lipinski definition) is 0. The van der Waals surface area contributed by atoms with Gasteiger partial charge in [-0.05, 0) is 69.8 Å². The summed E-state index contributed by atoms with van der Waals surface area (Å²) in [6.45, 7) is 0. The number of nitrogens with zero attached hydrogens (tertiary/aromatic N) is 5. The molecule has 5 nitrogen and oxygen atoms in total. The molecule has 0 aliphatic heterocycles. The van der Waals surface area contributed by atoms with E-state index < -0.39 is 0 Å². The number of hydrogen-bond acceptors (Lipinski definition) is 4. The van der Waals surface area contributed by atoms with Gasteiger partial charge in [0.1, 0.15) is 0 Å². The van der Waals surface area contributed by atoms with Crippen LogP contribution in [0.5, 0.6) is 0 Å². The Hall–Kier alpha value is -9.75. The van der Waals surface area contributed by atoms with E-state index in [1.807, 2.05) is 23.5 Å². The SMILES string of the molecule is c1ccc(-c2ccc(-c3nc(-c4ccc(-c5ccccc5)cc4)nc(-c4cccc(-n5c6ccccc6c6ccc7c8ccc9c%10ccccc%10n(-c%10ccc(-c%11ccccc%11)cc%10)c9c8sc7c65)c4)n3)cc2)cc1. The molecule has 0 saturated carbocycles. The molecule has 0 unspecified atom stereocenters. The van der Waals surface area contributed by atoms with Gasteiger partial charge < -0.3 is 9.13 Å². The highest BCUT2D eigenvalue weighted by atomic mass is 32.1. The molecule has 75 heavy (non-hydrogen) atoms. The molecule has 0 aliphatic rings. The van der Waals surface area contributed by atoms with Crippen LogP contribution in [0.3, 0.4) is 0 Å². The fourth-order valence-electron chi connectivity index (χ4n) is 11.2. The quantitative estimate of drug-likeness (QED) is 0.152. The summed E-state index contributed by atoms with van der Waals surface area (Å²) in [5.41, 5.74) is 16.7. The molecule has 0 spiro atoms. The van der Waals surface area contributed by atoms with Crippen molar-refractivity contribution in [2.24, 2.45) is 0 Å². The van der Waals surface area contributed by atoms with Gasteiger partial charge in [0.15, 0.2) is 17.5 Å². The van der Waals surface area contributed by atoms with Crippen molar-refractivity contribution in [1.29, 1.82) is 0 Å². The summed E-state index contributed by atoms with van der Waals surface area (Å²) in [6, 6.07) is 93.2. The van der Waals surface area contributed by atoms with E-state index in [0.717, 1.165) is 55.8 Å². The van der Waals surface area contributed by atoms with Gasteiger partial charge >= 0.3 is 0 Å². The zero-order chi connectivity index (χ0) is 49.4. The van der Waals surface area contributed by atoms with Crippen LogP contribution in [0.15, 0.2) is 261 Å². The van der Waals surface area contributed by atoms with Gasteiger partial charge in [-0.25, -0.2) is 15.0 Å². The van der Waals surface area contributed by atoms with E-state index in [-0.39, 0.29) is 0 Å². The standard InChI is InChI=1S/C69H43N5S/c1-4-15-44(16-5-1)47-27-31-50(32-28-47)67-70-68(51-33-29-48(30-34-51)45-17-6-2-7-18-45)72-69(71-67)52-21-14-22-54(43-52)74-62-26-13-11-24-56(62)58-40-42-60-59-41-39-57-55-23-10-12-25-61(55)73(63(57)65(59)75-66(60)64(58)74)53-37-35-49(36-38-53)46-19-8-3-9-20-46/h1-43H. The van der Waals surface area contributed by atoms with Gasteiger partial charge in [-0.15, -0.1) is 11.3 Å². The highest BCUT2D eigenvalue weighted by Gasteiger charge is 2.23. The second-order valence-electron chi connectivity index (χ2n) is 19.1. The number of fused-ring (bicyclic) bond motifs is 11. The van der Waals surface area contributed by atoms with Gasteiger partial charge in [0, 0.05) is 60.4 Å². The Morgan fingerprint density at radius 1 is 0.240 bits per heavy atom. The molecule has 0 bridgehead atoms. The minimum atomic E-state index is 0.607. The first-order valence-electron chi connectivity index (χ1n) is 25.3. The largest absolute Gasteiger partial charge is 0.308 e. The van der Waals surface area contributed by atoms with E-state index in [9.17, 15) is 0 Å². The summed E-state index contributed by atoms with van der Waals surface area (Å²) in [6.07, 6.45) is 0. The zero-order valence-electron chi connectivity index (χ0n) is 40.5. The van der Waals surface area contributed by atoms with Crippen molar-refractivity contribution in [2.75, 3.05) is 0 Å². The molecule has 4 heterocycles. The lowest BCUT2D eigenvalue weighted by atomic mass is 10.0. The van der Waals surface area contributed by atoms with Crippen LogP contribution in [0.25, 0.3) is 143 Å². The maximum absolute atomic E-state index is 5.26. The third kappa shape index (κ3) is 7.18. The van der Waals surface area contributed by atoms with Crippen molar-refractivity contribution in [3.8, 4) is 78.9 Å². The summed E-state index contributed by atoms with van der Waals surface area (Å²) in [7, 11) is 0. The van der Waals surface area contributed by atoms with Crippen LogP contribution in [0.4, 0.5) is 0 Å². The molecular formula is C69H43N5S. The molecule has 6 heteroatoms. The predicted molar refractivity (Wildman–Crippen MR) is 314 cm³/mol. The lowest BCUT2D eigenvalue weighted by molar-refractivity contribution is 1.07. The van der Waals surface area contributed by atoms with Crippen LogP contribution in [0.2, 0.25) is 0 Å². The van der Waals surface area contributed by atoms with Crippen molar-refractivity contribution < 1.29 is 0 Å². The maximum Gasteiger partial charge on any atom is 0.164 e. The second kappa shape index (κ2) is 17.5. The summed E-state index contributed by atoms with van der Waals surface area (Å²) >= 11 is 1.89. The van der Waals surface area contributed by atoms with Crippen molar-refractivity contribution in [3.05, 3.63) is 261 Å². The average Bonchev–Trinajstić information content (AvgIpc) is 4.24. The second-order valence-corrected chi connectivity index (χ2v) is 20.2.